The van der Waals surface area contributed by atoms with E-state index in [0.29, 0.717) is 12.2 Å². The molecule has 1 aliphatic rings. The van der Waals surface area contributed by atoms with Crippen molar-refractivity contribution >= 4 is 23.0 Å². The average molecular weight is 333 g/mol. The number of hydrogen-bond donors (Lipinski definition) is 1. The van der Waals surface area contributed by atoms with Gasteiger partial charge in [-0.15, -0.1) is 0 Å². The van der Waals surface area contributed by atoms with Gasteiger partial charge in [-0.3, -0.25) is 4.57 Å². The van der Waals surface area contributed by atoms with Gasteiger partial charge >= 0.3 is 5.97 Å². The number of benzene rings is 2. The summed E-state index contributed by atoms with van der Waals surface area (Å²) < 4.78 is 7.41. The highest BCUT2D eigenvalue weighted by Crippen LogP contribution is 2.39. The molecule has 2 aromatic carbocycles. The number of carbonyl (C=O) groups excluding carboxylic acids is 1. The predicted molar refractivity (Wildman–Crippen MR) is 97.3 cm³/mol. The zero-order valence-corrected chi connectivity index (χ0v) is 14.2. The summed E-state index contributed by atoms with van der Waals surface area (Å²) >= 11 is 0. The molecule has 0 radical (unpaired) electrons. The van der Waals surface area contributed by atoms with Gasteiger partial charge in [0.15, 0.2) is 0 Å². The molecule has 126 valence electrons. The summed E-state index contributed by atoms with van der Waals surface area (Å²) in [5, 5.41) is 3.27. The Hall–Kier alpha value is -3.08. The number of carbonyl (C=O) groups is 1. The number of nitrogens with zero attached hydrogens (tertiary/aromatic N) is 2. The Morgan fingerprint density at radius 2 is 1.88 bits per heavy atom. The quantitative estimate of drug-likeness (QED) is 0.739. The minimum atomic E-state index is -0.301. The fourth-order valence-electron chi connectivity index (χ4n) is 3.39. The maximum Gasteiger partial charge on any atom is 0.338 e. The smallest absolute Gasteiger partial charge is 0.338 e. The summed E-state index contributed by atoms with van der Waals surface area (Å²) in [6.07, 6.45) is 0. The van der Waals surface area contributed by atoms with Crippen LogP contribution in [0.5, 0.6) is 0 Å². The Labute approximate surface area is 145 Å². The lowest BCUT2D eigenvalue weighted by Gasteiger charge is -2.30. The lowest BCUT2D eigenvalue weighted by atomic mass is 9.95. The number of para-hydroxylation sites is 2. The fourth-order valence-corrected chi connectivity index (χ4v) is 3.39. The topological polar surface area (TPSA) is 56.1 Å². The van der Waals surface area contributed by atoms with Crippen LogP contribution in [0.15, 0.2) is 65.9 Å². The molecule has 3 aromatic rings. The molecule has 25 heavy (non-hydrogen) atoms. The van der Waals surface area contributed by atoms with E-state index in [-0.39, 0.29) is 12.0 Å². The lowest BCUT2D eigenvalue weighted by molar-refractivity contribution is -0.139. The molecule has 5 heteroatoms. The monoisotopic (exact) mass is 333 g/mol. The minimum absolute atomic E-state index is 0.274. The van der Waals surface area contributed by atoms with Crippen molar-refractivity contribution in [3.63, 3.8) is 0 Å². The van der Waals surface area contributed by atoms with Crippen LogP contribution in [0.1, 0.15) is 25.5 Å². The number of esters is 1. The highest BCUT2D eigenvalue weighted by atomic mass is 16.5. The Morgan fingerprint density at radius 1 is 1.16 bits per heavy atom. The van der Waals surface area contributed by atoms with E-state index in [1.165, 1.54) is 0 Å². The summed E-state index contributed by atoms with van der Waals surface area (Å²) in [7, 11) is 0. The van der Waals surface area contributed by atoms with Gasteiger partial charge in [-0.2, -0.15) is 0 Å². The Bertz CT molecular complexity index is 973. The van der Waals surface area contributed by atoms with E-state index in [2.05, 4.69) is 14.9 Å². The van der Waals surface area contributed by atoms with E-state index in [1.54, 1.807) is 0 Å². The number of fused-ring (bicyclic) bond motifs is 3. The van der Waals surface area contributed by atoms with Crippen LogP contribution in [0.3, 0.4) is 0 Å². The number of allylic oxidation sites excluding steroid dienone is 1. The lowest BCUT2D eigenvalue weighted by Crippen LogP contribution is -2.28. The average Bonchev–Trinajstić information content (AvgIpc) is 2.99. The molecule has 1 aliphatic heterocycles. The van der Waals surface area contributed by atoms with Crippen molar-refractivity contribution in [2.45, 2.75) is 19.9 Å². The van der Waals surface area contributed by atoms with Crippen LogP contribution in [0, 0.1) is 0 Å². The van der Waals surface area contributed by atoms with Gasteiger partial charge in [-0.05, 0) is 31.5 Å². The van der Waals surface area contributed by atoms with Crippen molar-refractivity contribution in [3.8, 4) is 0 Å². The summed E-state index contributed by atoms with van der Waals surface area (Å²) in [5.41, 5.74) is 4.28. The molecule has 1 atom stereocenters. The molecule has 0 unspecified atom stereocenters. The van der Waals surface area contributed by atoms with E-state index in [4.69, 9.17) is 4.74 Å². The van der Waals surface area contributed by atoms with Crippen LogP contribution in [-0.4, -0.2) is 22.1 Å². The third-order valence-corrected chi connectivity index (χ3v) is 4.44. The van der Waals surface area contributed by atoms with Crippen LogP contribution < -0.4 is 5.32 Å². The summed E-state index contributed by atoms with van der Waals surface area (Å²) in [4.78, 5) is 17.4. The van der Waals surface area contributed by atoms with Crippen LogP contribution in [-0.2, 0) is 9.53 Å². The van der Waals surface area contributed by atoms with Gasteiger partial charge in [-0.1, -0.05) is 42.5 Å². The first kappa shape index (κ1) is 15.4. The van der Waals surface area contributed by atoms with Crippen molar-refractivity contribution in [2.24, 2.45) is 0 Å². The number of ether oxygens (including phenoxy) is 1. The van der Waals surface area contributed by atoms with Crippen molar-refractivity contribution < 1.29 is 9.53 Å². The van der Waals surface area contributed by atoms with Crippen LogP contribution in [0.2, 0.25) is 0 Å². The number of nitrogens with one attached hydrogen (secondary N) is 1. The number of anilines is 1. The molecule has 0 amide bonds. The van der Waals surface area contributed by atoms with Crippen LogP contribution in [0.25, 0.3) is 11.0 Å². The van der Waals surface area contributed by atoms with Gasteiger partial charge in [0.1, 0.15) is 0 Å². The van der Waals surface area contributed by atoms with Gasteiger partial charge in [0.2, 0.25) is 5.95 Å². The molecule has 5 nitrogen and oxygen atoms in total. The SMILES string of the molecule is CCOC(=O)C1=C(C)Nc2nc3ccccc3n2[C@@H]1c1ccccc1. The molecular weight excluding hydrogens is 314 g/mol. The van der Waals surface area contributed by atoms with Crippen molar-refractivity contribution in [3.05, 3.63) is 71.4 Å². The summed E-state index contributed by atoms with van der Waals surface area (Å²) in [6.45, 7) is 4.05. The third kappa shape index (κ3) is 2.48. The van der Waals surface area contributed by atoms with E-state index >= 15 is 0 Å². The van der Waals surface area contributed by atoms with E-state index in [9.17, 15) is 4.79 Å². The molecule has 0 aliphatic carbocycles. The Kier molecular flexibility index (Phi) is 3.76. The molecule has 0 saturated heterocycles. The first-order chi connectivity index (χ1) is 12.2. The first-order valence-electron chi connectivity index (χ1n) is 8.37. The number of rotatable bonds is 3. The minimum Gasteiger partial charge on any atom is -0.463 e. The fraction of sp³-hybridized carbons (Fsp3) is 0.200. The zero-order valence-electron chi connectivity index (χ0n) is 14.2. The Balaban J connectivity index is 1.98. The van der Waals surface area contributed by atoms with Gasteiger partial charge in [0.25, 0.3) is 0 Å². The molecule has 2 heterocycles. The van der Waals surface area contributed by atoms with Gasteiger partial charge < -0.3 is 10.1 Å². The number of hydrogen-bond acceptors (Lipinski definition) is 4. The molecule has 0 bridgehead atoms. The van der Waals surface area contributed by atoms with Crippen molar-refractivity contribution in [1.29, 1.82) is 0 Å². The summed E-state index contributed by atoms with van der Waals surface area (Å²) in [5.74, 6) is 0.436. The van der Waals surface area contributed by atoms with E-state index < -0.39 is 0 Å². The van der Waals surface area contributed by atoms with Gasteiger partial charge in [0, 0.05) is 5.70 Å². The van der Waals surface area contributed by atoms with E-state index in [1.807, 2.05) is 68.4 Å². The number of imidazole rings is 1. The molecule has 0 spiro atoms. The second-order valence-electron chi connectivity index (χ2n) is 5.99. The number of aromatic nitrogens is 2. The Morgan fingerprint density at radius 3 is 2.64 bits per heavy atom. The van der Waals surface area contributed by atoms with Crippen LogP contribution >= 0.6 is 0 Å². The molecule has 0 saturated carbocycles. The van der Waals surface area contributed by atoms with Gasteiger partial charge in [-0.25, -0.2) is 9.78 Å². The standard InChI is InChI=1S/C20H19N3O2/c1-3-25-19(24)17-13(2)21-20-22-15-11-7-8-12-16(15)23(20)18(17)14-9-5-4-6-10-14/h4-12,18H,3H2,1-2H3,(H,21,22)/t18-/m1/s1. The second-order valence-corrected chi connectivity index (χ2v) is 5.99. The zero-order chi connectivity index (χ0) is 17.4. The largest absolute Gasteiger partial charge is 0.463 e. The van der Waals surface area contributed by atoms with E-state index in [0.717, 1.165) is 28.2 Å². The molecular formula is C20H19N3O2. The highest BCUT2D eigenvalue weighted by molar-refractivity contribution is 5.94. The second kappa shape index (κ2) is 6.09. The maximum absolute atomic E-state index is 12.7. The normalized spacial score (nSPS) is 16.5. The first-order valence-corrected chi connectivity index (χ1v) is 8.37. The van der Waals surface area contributed by atoms with Crippen LogP contribution in [0.4, 0.5) is 5.95 Å². The molecule has 0 fully saturated rings. The summed E-state index contributed by atoms with van der Waals surface area (Å²) in [6, 6.07) is 17.7. The molecule has 1 N–H and O–H groups in total. The third-order valence-electron chi connectivity index (χ3n) is 4.44. The predicted octanol–water partition coefficient (Wildman–Crippen LogP) is 3.89. The van der Waals surface area contributed by atoms with Gasteiger partial charge in [0.05, 0.1) is 29.3 Å². The highest BCUT2D eigenvalue weighted by Gasteiger charge is 2.34. The van der Waals surface area contributed by atoms with Crippen molar-refractivity contribution in [2.75, 3.05) is 11.9 Å². The molecule has 4 rings (SSSR count). The maximum atomic E-state index is 12.7. The van der Waals surface area contributed by atoms with Crippen molar-refractivity contribution in [1.82, 2.24) is 9.55 Å². The molecule has 1 aromatic heterocycles.